The second-order valence-corrected chi connectivity index (χ2v) is 13.1. The first kappa shape index (κ1) is 35.3. The second kappa shape index (κ2) is 15.7. The minimum atomic E-state index is -0.123. The Morgan fingerprint density at radius 2 is 0.333 bits per heavy atom. The number of pyridine rings is 6. The van der Waals surface area contributed by atoms with E-state index in [9.17, 15) is 28.8 Å². The molecule has 12 heteroatoms. The van der Waals surface area contributed by atoms with Crippen molar-refractivity contribution in [3.05, 3.63) is 242 Å². The molecule has 7 rings (SSSR count). The third-order valence-electron chi connectivity index (χ3n) is 9.39. The smallest absolute Gasteiger partial charge is 0.181 e. The molecule has 6 aromatic heterocycles. The van der Waals surface area contributed by atoms with Crippen molar-refractivity contribution in [1.82, 2.24) is 27.4 Å². The van der Waals surface area contributed by atoms with Crippen LogP contribution in [-0.4, -0.2) is 27.4 Å². The van der Waals surface area contributed by atoms with E-state index in [0.29, 0.717) is 39.3 Å². The first-order valence-corrected chi connectivity index (χ1v) is 17.3. The van der Waals surface area contributed by atoms with Gasteiger partial charge in [0.05, 0.1) is 0 Å². The summed E-state index contributed by atoms with van der Waals surface area (Å²) in [5, 5.41) is 0. The highest BCUT2D eigenvalue weighted by Gasteiger charge is 2.25. The van der Waals surface area contributed by atoms with Gasteiger partial charge in [0.25, 0.3) is 0 Å². The molecule has 6 heterocycles. The third-order valence-corrected chi connectivity index (χ3v) is 9.39. The Labute approximate surface area is 308 Å². The Kier molecular flexibility index (Phi) is 10.2. The molecule has 0 saturated carbocycles. The van der Waals surface area contributed by atoms with Crippen LogP contribution >= 0.6 is 0 Å². The molecular weight excluding hydrogens is 684 g/mol. The van der Waals surface area contributed by atoms with E-state index in [1.807, 2.05) is 27.4 Å². The number of benzene rings is 1. The van der Waals surface area contributed by atoms with E-state index < -0.39 is 0 Å². The molecule has 0 aliphatic heterocycles. The zero-order valence-electron chi connectivity index (χ0n) is 29.2. The molecule has 0 N–H and O–H groups in total. The summed E-state index contributed by atoms with van der Waals surface area (Å²) in [6.45, 7) is 2.15. The molecule has 54 heavy (non-hydrogen) atoms. The van der Waals surface area contributed by atoms with Crippen LogP contribution in [0.3, 0.4) is 0 Å². The van der Waals surface area contributed by atoms with Crippen LogP contribution in [0.2, 0.25) is 0 Å². The average Bonchev–Trinajstić information content (AvgIpc) is 3.17. The van der Waals surface area contributed by atoms with Gasteiger partial charge in [-0.05, 0) is 33.4 Å². The van der Waals surface area contributed by atoms with Gasteiger partial charge in [-0.1, -0.05) is 0 Å². The molecule has 0 aliphatic rings. The summed E-state index contributed by atoms with van der Waals surface area (Å²) < 4.78 is 11.6. The van der Waals surface area contributed by atoms with Crippen LogP contribution in [0.4, 0.5) is 0 Å². The Balaban J connectivity index is 1.59. The quantitative estimate of drug-likeness (QED) is 0.191. The van der Waals surface area contributed by atoms with Crippen molar-refractivity contribution < 1.29 is 0 Å². The van der Waals surface area contributed by atoms with Crippen molar-refractivity contribution in [3.8, 4) is 0 Å². The fraction of sp³-hybridized carbons (Fsp3) is 0.143. The van der Waals surface area contributed by atoms with Gasteiger partial charge in [0.2, 0.25) is 0 Å². The molecule has 0 saturated heterocycles. The van der Waals surface area contributed by atoms with E-state index in [2.05, 4.69) is 0 Å². The van der Waals surface area contributed by atoms with Crippen molar-refractivity contribution >= 4 is 0 Å². The maximum absolute atomic E-state index is 12.2. The first-order valence-electron chi connectivity index (χ1n) is 17.3. The maximum Gasteiger partial charge on any atom is 0.181 e. The lowest BCUT2D eigenvalue weighted by Crippen LogP contribution is -2.23. The van der Waals surface area contributed by atoms with Gasteiger partial charge in [0, 0.05) is 186 Å². The van der Waals surface area contributed by atoms with E-state index in [4.69, 9.17) is 0 Å². The van der Waals surface area contributed by atoms with Crippen LogP contribution in [0, 0.1) is 0 Å². The summed E-state index contributed by atoms with van der Waals surface area (Å²) in [7, 11) is 0. The van der Waals surface area contributed by atoms with Crippen molar-refractivity contribution in [2.24, 2.45) is 0 Å². The highest BCUT2D eigenvalue weighted by atomic mass is 16.1. The molecule has 0 aliphatic carbocycles. The summed E-state index contributed by atoms with van der Waals surface area (Å²) in [5.41, 5.74) is 4.97. The highest BCUT2D eigenvalue weighted by Crippen LogP contribution is 2.33. The Morgan fingerprint density at radius 3 is 0.444 bits per heavy atom. The maximum atomic E-state index is 12.2. The normalized spacial score (nSPS) is 11.1. The topological polar surface area (TPSA) is 132 Å². The number of aromatic nitrogens is 6. The molecule has 0 unspecified atom stereocenters. The average molecular weight is 721 g/mol. The number of hydrogen-bond donors (Lipinski definition) is 0. The van der Waals surface area contributed by atoms with Gasteiger partial charge >= 0.3 is 0 Å². The molecule has 0 spiro atoms. The zero-order chi connectivity index (χ0) is 37.6. The van der Waals surface area contributed by atoms with Gasteiger partial charge in [-0.2, -0.15) is 0 Å². The lowest BCUT2D eigenvalue weighted by atomic mass is 9.85. The van der Waals surface area contributed by atoms with Crippen LogP contribution < -0.4 is 32.6 Å². The van der Waals surface area contributed by atoms with Crippen molar-refractivity contribution in [2.45, 2.75) is 39.3 Å². The van der Waals surface area contributed by atoms with Crippen molar-refractivity contribution in [2.75, 3.05) is 0 Å². The summed E-state index contributed by atoms with van der Waals surface area (Å²) >= 11 is 0. The summed E-state index contributed by atoms with van der Waals surface area (Å²) in [4.78, 5) is 73.2. The minimum absolute atomic E-state index is 0.123. The largest absolute Gasteiger partial charge is 0.350 e. The van der Waals surface area contributed by atoms with E-state index in [1.165, 1.54) is 72.8 Å². The Morgan fingerprint density at radius 1 is 0.222 bits per heavy atom. The molecule has 0 bridgehead atoms. The predicted octanol–water partition coefficient (Wildman–Crippen LogP) is 2.95. The zero-order valence-corrected chi connectivity index (χ0v) is 29.2. The lowest BCUT2D eigenvalue weighted by Gasteiger charge is -2.30. The van der Waals surface area contributed by atoms with Gasteiger partial charge in [0.15, 0.2) is 32.6 Å². The molecule has 270 valence electrons. The lowest BCUT2D eigenvalue weighted by molar-refractivity contribution is 0.656. The fourth-order valence-electron chi connectivity index (χ4n) is 6.63. The molecule has 0 radical (unpaired) electrons. The molecule has 1 aromatic carbocycles. The van der Waals surface area contributed by atoms with Crippen LogP contribution in [0.1, 0.15) is 33.4 Å². The molecule has 7 aromatic rings. The predicted molar refractivity (Wildman–Crippen MR) is 205 cm³/mol. The van der Waals surface area contributed by atoms with Gasteiger partial charge in [-0.3, -0.25) is 28.8 Å². The van der Waals surface area contributed by atoms with Gasteiger partial charge in [-0.15, -0.1) is 0 Å². The molecule has 12 nitrogen and oxygen atoms in total. The first-order chi connectivity index (χ1) is 26.2. The van der Waals surface area contributed by atoms with Gasteiger partial charge < -0.3 is 27.4 Å². The standard InChI is InChI=1S/C42H36N6O6/c49-31-1-13-43(14-2-31)25-37-38(26-44-15-3-32(50)4-16-44)40(28-46-19-7-34(52)8-20-46)42(30-48-23-11-36(54)12-24-48)41(29-47-21-9-35(53)10-22-47)39(37)27-45-17-5-33(51)6-18-45/h1-24H,25-30H2. The summed E-state index contributed by atoms with van der Waals surface area (Å²) in [5.74, 6) is 0. The SMILES string of the molecule is O=c1ccn(Cc2c(Cn3ccc(=O)cc3)c(Cn3ccc(=O)cc3)c(Cn3ccc(=O)cc3)c(Cn3ccc(=O)cc3)c2Cn2ccc(=O)cc2)cc1. The number of hydrogen-bond acceptors (Lipinski definition) is 6. The van der Waals surface area contributed by atoms with Crippen LogP contribution in [0.5, 0.6) is 0 Å². The Bertz CT molecular complexity index is 2200. The number of rotatable bonds is 12. The summed E-state index contributed by atoms with van der Waals surface area (Å²) in [6.07, 6.45) is 20.9. The van der Waals surface area contributed by atoms with Gasteiger partial charge in [0.1, 0.15) is 0 Å². The van der Waals surface area contributed by atoms with E-state index in [-0.39, 0.29) is 32.6 Å². The van der Waals surface area contributed by atoms with E-state index in [0.717, 1.165) is 33.4 Å². The van der Waals surface area contributed by atoms with Crippen molar-refractivity contribution in [1.29, 1.82) is 0 Å². The second-order valence-electron chi connectivity index (χ2n) is 13.1. The number of nitrogens with zero attached hydrogens (tertiary/aromatic N) is 6. The molecule has 0 fully saturated rings. The van der Waals surface area contributed by atoms with Crippen molar-refractivity contribution in [3.63, 3.8) is 0 Å². The Hall–Kier alpha value is -7.08. The van der Waals surface area contributed by atoms with Crippen LogP contribution in [-0.2, 0) is 39.3 Å². The molecule has 0 amide bonds. The molecular formula is C42H36N6O6. The van der Waals surface area contributed by atoms with E-state index >= 15 is 0 Å². The molecule has 0 atom stereocenters. The fourth-order valence-corrected chi connectivity index (χ4v) is 6.63. The van der Waals surface area contributed by atoms with Gasteiger partial charge in [-0.25, -0.2) is 0 Å². The van der Waals surface area contributed by atoms with E-state index in [1.54, 1.807) is 74.4 Å². The third kappa shape index (κ3) is 8.51. The van der Waals surface area contributed by atoms with Crippen LogP contribution in [0.25, 0.3) is 0 Å². The summed E-state index contributed by atoms with van der Waals surface area (Å²) in [6, 6.07) is 18.1. The van der Waals surface area contributed by atoms with Crippen LogP contribution in [0.15, 0.2) is 176 Å². The minimum Gasteiger partial charge on any atom is -0.350 e. The highest BCUT2D eigenvalue weighted by molar-refractivity contribution is 5.53. The monoisotopic (exact) mass is 720 g/mol.